The summed E-state index contributed by atoms with van der Waals surface area (Å²) in [6.07, 6.45) is -3.30. The lowest BCUT2D eigenvalue weighted by Crippen LogP contribution is -2.33. The van der Waals surface area contributed by atoms with Crippen LogP contribution in [-0.2, 0) is 13.1 Å². The van der Waals surface area contributed by atoms with Gasteiger partial charge in [-0.05, 0) is 35.4 Å². The van der Waals surface area contributed by atoms with Gasteiger partial charge in [0.1, 0.15) is 11.5 Å². The number of hydrogen-bond donors (Lipinski definition) is 0. The van der Waals surface area contributed by atoms with Crippen LogP contribution in [0.3, 0.4) is 0 Å². The third kappa shape index (κ3) is 6.34. The topological polar surface area (TPSA) is 65.9 Å². The maximum Gasteiger partial charge on any atom is 0.444 e. The second-order valence-corrected chi connectivity index (χ2v) is 7.44. The minimum Gasteiger partial charge on any atom is -0.497 e. The fourth-order valence-corrected chi connectivity index (χ4v) is 3.05. The maximum atomic E-state index is 13.6. The van der Waals surface area contributed by atoms with Gasteiger partial charge in [-0.1, -0.05) is 35.9 Å². The highest BCUT2D eigenvalue weighted by Crippen LogP contribution is 2.34. The largest absolute Gasteiger partial charge is 0.497 e. The molecule has 0 radical (unpaired) electrons. The number of hydrogen-bond acceptors (Lipinski definition) is 7. The van der Waals surface area contributed by atoms with Gasteiger partial charge in [0.25, 0.3) is 11.5 Å². The first kappa shape index (κ1) is 25.2. The Labute approximate surface area is 200 Å². The fraction of sp³-hybridized carbons (Fsp3) is 0.304. The Bertz CT molecular complexity index is 1020. The van der Waals surface area contributed by atoms with E-state index in [1.807, 2.05) is 53.4 Å². The molecule has 3 aromatic rings. The van der Waals surface area contributed by atoms with Gasteiger partial charge in [-0.15, -0.1) is 0 Å². The Morgan fingerprint density at radius 2 is 1.38 bits per heavy atom. The van der Waals surface area contributed by atoms with Crippen LogP contribution < -0.4 is 23.8 Å². The predicted molar refractivity (Wildman–Crippen MR) is 121 cm³/mol. The average Bonchev–Trinajstić information content (AvgIpc) is 2.84. The number of alkyl halides is 4. The molecule has 1 heterocycles. The lowest BCUT2D eigenvalue weighted by Gasteiger charge is -2.24. The molecule has 0 spiro atoms. The summed E-state index contributed by atoms with van der Waals surface area (Å²) in [5.74, 6) is 0.749. The number of nitrogens with zero attached hydrogens (tertiary/aromatic N) is 3. The van der Waals surface area contributed by atoms with Crippen molar-refractivity contribution in [2.24, 2.45) is 0 Å². The summed E-state index contributed by atoms with van der Waals surface area (Å²) in [5, 5.41) is 0. The van der Waals surface area contributed by atoms with E-state index in [-0.39, 0.29) is 11.8 Å². The second kappa shape index (κ2) is 11.1. The monoisotopic (exact) mass is 497 g/mol. The van der Waals surface area contributed by atoms with Gasteiger partial charge in [0.05, 0.1) is 27.5 Å². The molecule has 1 unspecified atom stereocenters. The third-order valence-corrected chi connectivity index (χ3v) is 5.00. The summed E-state index contributed by atoms with van der Waals surface area (Å²) in [6.45, 7) is 0.757. The Balaban J connectivity index is 1.92. The minimum atomic E-state index is -4.29. The molecule has 1 atom stereocenters. The fourth-order valence-electron chi connectivity index (χ4n) is 3.01. The number of methoxy groups -OCH3 is 3. The maximum absolute atomic E-state index is 13.6. The molecule has 182 valence electrons. The molecule has 0 aliphatic rings. The molecule has 0 aliphatic heterocycles. The Morgan fingerprint density at radius 3 is 1.79 bits per heavy atom. The number of rotatable bonds is 11. The van der Waals surface area contributed by atoms with E-state index in [0.717, 1.165) is 17.3 Å². The van der Waals surface area contributed by atoms with Crippen molar-refractivity contribution in [3.63, 3.8) is 0 Å². The van der Waals surface area contributed by atoms with E-state index in [1.165, 1.54) is 7.11 Å². The van der Waals surface area contributed by atoms with Crippen molar-refractivity contribution >= 4 is 17.5 Å². The summed E-state index contributed by atoms with van der Waals surface area (Å²) in [4.78, 5) is 10.2. The van der Waals surface area contributed by atoms with Crippen LogP contribution in [0, 0.1) is 0 Å². The Kier molecular flexibility index (Phi) is 8.27. The van der Waals surface area contributed by atoms with E-state index in [2.05, 4.69) is 14.7 Å². The van der Waals surface area contributed by atoms with Gasteiger partial charge in [0.2, 0.25) is 11.7 Å². The molecule has 2 aromatic carbocycles. The van der Waals surface area contributed by atoms with Gasteiger partial charge in [-0.2, -0.15) is 13.8 Å². The van der Waals surface area contributed by atoms with Gasteiger partial charge in [-0.25, -0.2) is 9.37 Å². The molecule has 0 aliphatic carbocycles. The molecule has 0 saturated carbocycles. The summed E-state index contributed by atoms with van der Waals surface area (Å²) in [5.41, 5.74) is -1.21. The van der Waals surface area contributed by atoms with Crippen LogP contribution in [0.5, 0.6) is 23.1 Å². The van der Waals surface area contributed by atoms with Crippen molar-refractivity contribution in [2.75, 3.05) is 26.2 Å². The van der Waals surface area contributed by atoms with Gasteiger partial charge >= 0.3 is 6.11 Å². The molecule has 0 N–H and O–H groups in total. The summed E-state index contributed by atoms with van der Waals surface area (Å²) < 4.78 is 60.1. The Hall–Kier alpha value is -3.40. The van der Waals surface area contributed by atoms with Crippen LogP contribution in [0.4, 0.5) is 19.1 Å². The quantitative estimate of drug-likeness (QED) is 0.337. The third-order valence-electron chi connectivity index (χ3n) is 4.75. The van der Waals surface area contributed by atoms with Crippen LogP contribution in [0.2, 0.25) is 0 Å². The molecular formula is C23H23ClF3N3O4. The summed E-state index contributed by atoms with van der Waals surface area (Å²) >= 11 is 4.87. The van der Waals surface area contributed by atoms with Gasteiger partial charge in [0, 0.05) is 13.1 Å². The molecule has 1 aromatic heterocycles. The molecule has 3 rings (SSSR count). The van der Waals surface area contributed by atoms with E-state index >= 15 is 0 Å². The Morgan fingerprint density at radius 1 is 0.882 bits per heavy atom. The highest BCUT2D eigenvalue weighted by Gasteiger charge is 2.43. The number of halogens is 4. The number of aromatic nitrogens is 2. The average molecular weight is 498 g/mol. The molecular weight excluding hydrogens is 475 g/mol. The predicted octanol–water partition coefficient (Wildman–Crippen LogP) is 5.22. The van der Waals surface area contributed by atoms with E-state index in [4.69, 9.17) is 25.8 Å². The second-order valence-electron chi connectivity index (χ2n) is 7.06. The standard InChI is InChI=1S/C23H23ClF3N3O4/c1-31-17-8-4-15(5-9-17)13-30(14-16-6-10-18(32-2)11-7-16)22-28-12-19(20(29-22)33-3)34-23(26,27)21(24)25/h4-12,21H,13-14H2,1-3H3. The number of ether oxygens (including phenoxy) is 4. The number of benzene rings is 2. The zero-order valence-electron chi connectivity index (χ0n) is 18.7. The van der Waals surface area contributed by atoms with Crippen LogP contribution in [0.1, 0.15) is 11.1 Å². The molecule has 0 saturated heterocycles. The lowest BCUT2D eigenvalue weighted by molar-refractivity contribution is -0.199. The molecule has 0 bridgehead atoms. The summed E-state index contributed by atoms with van der Waals surface area (Å²) in [7, 11) is 4.38. The van der Waals surface area contributed by atoms with E-state index in [0.29, 0.717) is 24.6 Å². The van der Waals surface area contributed by atoms with Crippen molar-refractivity contribution in [1.82, 2.24) is 9.97 Å². The van der Waals surface area contributed by atoms with E-state index < -0.39 is 17.5 Å². The molecule has 34 heavy (non-hydrogen) atoms. The van der Waals surface area contributed by atoms with Crippen LogP contribution in [-0.4, -0.2) is 43.0 Å². The van der Waals surface area contributed by atoms with Crippen molar-refractivity contribution in [2.45, 2.75) is 24.8 Å². The first-order valence-electron chi connectivity index (χ1n) is 10.0. The van der Waals surface area contributed by atoms with Gasteiger partial charge in [-0.3, -0.25) is 0 Å². The van der Waals surface area contributed by atoms with E-state index in [1.54, 1.807) is 14.2 Å². The first-order chi connectivity index (χ1) is 16.2. The smallest absolute Gasteiger partial charge is 0.444 e. The normalized spacial score (nSPS) is 12.1. The van der Waals surface area contributed by atoms with Gasteiger partial charge in [0.15, 0.2) is 0 Å². The van der Waals surface area contributed by atoms with Crippen molar-refractivity contribution < 1.29 is 32.1 Å². The SMILES string of the molecule is COc1ccc(CN(Cc2ccc(OC)cc2)c2ncc(OC(F)(F)C(F)Cl)c(OC)n2)cc1. The lowest BCUT2D eigenvalue weighted by atomic mass is 10.1. The van der Waals surface area contributed by atoms with Crippen molar-refractivity contribution in [3.8, 4) is 23.1 Å². The zero-order chi connectivity index (χ0) is 24.7. The number of anilines is 1. The van der Waals surface area contributed by atoms with Crippen LogP contribution >= 0.6 is 11.6 Å². The van der Waals surface area contributed by atoms with Crippen LogP contribution in [0.25, 0.3) is 0 Å². The molecule has 0 amide bonds. The molecule has 7 nitrogen and oxygen atoms in total. The zero-order valence-corrected chi connectivity index (χ0v) is 19.4. The van der Waals surface area contributed by atoms with E-state index in [9.17, 15) is 13.2 Å². The molecule has 0 fully saturated rings. The van der Waals surface area contributed by atoms with Crippen LogP contribution in [0.15, 0.2) is 54.7 Å². The highest BCUT2D eigenvalue weighted by atomic mass is 35.5. The minimum absolute atomic E-state index is 0.182. The van der Waals surface area contributed by atoms with Crippen molar-refractivity contribution in [3.05, 3.63) is 65.9 Å². The summed E-state index contributed by atoms with van der Waals surface area (Å²) in [6, 6.07) is 14.8. The first-order valence-corrected chi connectivity index (χ1v) is 10.5. The van der Waals surface area contributed by atoms with Gasteiger partial charge < -0.3 is 23.8 Å². The van der Waals surface area contributed by atoms with Crippen molar-refractivity contribution in [1.29, 1.82) is 0 Å². The highest BCUT2D eigenvalue weighted by molar-refractivity contribution is 6.20. The molecule has 11 heteroatoms.